The summed E-state index contributed by atoms with van der Waals surface area (Å²) >= 11 is 0. The highest BCUT2D eigenvalue weighted by Crippen LogP contribution is 2.48. The number of benzene rings is 1. The highest BCUT2D eigenvalue weighted by Gasteiger charge is 2.47. The van der Waals surface area contributed by atoms with E-state index in [1.807, 2.05) is 25.1 Å². The van der Waals surface area contributed by atoms with Gasteiger partial charge in [0.1, 0.15) is 0 Å². The van der Waals surface area contributed by atoms with Gasteiger partial charge in [-0.1, -0.05) is 44.2 Å². The van der Waals surface area contributed by atoms with Crippen LogP contribution in [0.5, 0.6) is 0 Å². The fourth-order valence-corrected chi connectivity index (χ4v) is 4.48. The average Bonchev–Trinajstić information content (AvgIpc) is 2.65. The van der Waals surface area contributed by atoms with E-state index in [1.165, 1.54) is 4.31 Å². The van der Waals surface area contributed by atoms with Crippen LogP contribution in [-0.4, -0.2) is 19.3 Å². The number of nitrogens with zero attached hydrogens (tertiary/aromatic N) is 1. The summed E-state index contributed by atoms with van der Waals surface area (Å²) < 4.78 is 27.1. The fraction of sp³-hybridized carbons (Fsp3) is 0.412. The molecule has 114 valence electrons. The van der Waals surface area contributed by atoms with Crippen LogP contribution in [0.25, 0.3) is 0 Å². The number of hydrogen-bond donors (Lipinski definition) is 0. The molecule has 0 saturated carbocycles. The largest absolute Gasteiger partial charge is 0.270 e. The molecule has 1 aromatic carbocycles. The first-order valence-corrected chi connectivity index (χ1v) is 8.57. The average molecular weight is 305 g/mol. The summed E-state index contributed by atoms with van der Waals surface area (Å²) in [4.78, 5) is 0.323. The molecule has 4 heteroatoms. The second kappa shape index (κ2) is 5.34. The monoisotopic (exact) mass is 305 g/mol. The Labute approximate surface area is 128 Å². The number of aryl methyl sites for hydroxylation is 1. The van der Waals surface area contributed by atoms with Gasteiger partial charge in [-0.05, 0) is 31.4 Å². The summed E-state index contributed by atoms with van der Waals surface area (Å²) in [7, 11) is -3.53. The molecule has 2 atom stereocenters. The molecule has 0 aliphatic carbocycles. The minimum Gasteiger partial charge on any atom is -0.270 e. The van der Waals surface area contributed by atoms with E-state index >= 15 is 0 Å². The Morgan fingerprint density at radius 2 is 1.95 bits per heavy atom. The van der Waals surface area contributed by atoms with Crippen molar-refractivity contribution < 1.29 is 8.42 Å². The van der Waals surface area contributed by atoms with Crippen LogP contribution in [0.1, 0.15) is 25.8 Å². The van der Waals surface area contributed by atoms with Crippen molar-refractivity contribution in [2.24, 2.45) is 11.3 Å². The normalized spacial score (nSPS) is 26.1. The molecule has 1 aliphatic rings. The van der Waals surface area contributed by atoms with Crippen LogP contribution >= 0.6 is 0 Å². The smallest absolute Gasteiger partial charge is 0.264 e. The number of sulfonamides is 1. The van der Waals surface area contributed by atoms with Crippen LogP contribution in [0.4, 0.5) is 0 Å². The molecular weight excluding hydrogens is 282 g/mol. The lowest BCUT2D eigenvalue weighted by Gasteiger charge is -2.29. The molecule has 0 radical (unpaired) electrons. The minimum atomic E-state index is -3.53. The van der Waals surface area contributed by atoms with E-state index in [9.17, 15) is 8.42 Å². The van der Waals surface area contributed by atoms with Gasteiger partial charge < -0.3 is 0 Å². The Hall–Kier alpha value is -1.55. The molecule has 3 nitrogen and oxygen atoms in total. The van der Waals surface area contributed by atoms with Crippen LogP contribution in [-0.2, 0) is 10.0 Å². The molecule has 0 spiro atoms. The Kier molecular flexibility index (Phi) is 4.02. The van der Waals surface area contributed by atoms with E-state index in [0.29, 0.717) is 17.1 Å². The molecule has 0 bridgehead atoms. The first-order chi connectivity index (χ1) is 9.73. The molecule has 1 heterocycles. The molecule has 1 fully saturated rings. The second-order valence-electron chi connectivity index (χ2n) is 6.11. The van der Waals surface area contributed by atoms with Crippen LogP contribution in [0.3, 0.4) is 0 Å². The number of allylic oxidation sites excluding steroid dienone is 2. The first kappa shape index (κ1) is 15.8. The Morgan fingerprint density at radius 1 is 1.38 bits per heavy atom. The molecule has 0 N–H and O–H groups in total. The quantitative estimate of drug-likeness (QED) is 0.795. The number of hydrogen-bond acceptors (Lipinski definition) is 2. The summed E-state index contributed by atoms with van der Waals surface area (Å²) in [5.41, 5.74) is 1.45. The van der Waals surface area contributed by atoms with Crippen molar-refractivity contribution in [3.05, 3.63) is 54.8 Å². The molecule has 1 aliphatic heterocycles. The van der Waals surface area contributed by atoms with E-state index in [2.05, 4.69) is 27.0 Å². The van der Waals surface area contributed by atoms with Crippen LogP contribution in [0.15, 0.2) is 54.1 Å². The molecule has 1 saturated heterocycles. The summed E-state index contributed by atoms with van der Waals surface area (Å²) in [6, 6.07) is 6.95. The van der Waals surface area contributed by atoms with Gasteiger partial charge >= 0.3 is 0 Å². The van der Waals surface area contributed by atoms with Crippen molar-refractivity contribution in [1.29, 1.82) is 0 Å². The summed E-state index contributed by atoms with van der Waals surface area (Å²) in [6.07, 6.45) is 2.57. The van der Waals surface area contributed by atoms with E-state index in [0.717, 1.165) is 12.0 Å². The SMILES string of the molecule is C=CC[C@@]1(C)C(=C)N(S(=O)(=O)c2ccc(C)cc2)CC1C. The van der Waals surface area contributed by atoms with Crippen molar-refractivity contribution in [2.45, 2.75) is 32.1 Å². The lowest BCUT2D eigenvalue weighted by molar-refractivity contribution is 0.314. The first-order valence-electron chi connectivity index (χ1n) is 7.13. The van der Waals surface area contributed by atoms with Crippen LogP contribution < -0.4 is 0 Å². The molecule has 2 rings (SSSR count). The van der Waals surface area contributed by atoms with E-state index in [1.54, 1.807) is 12.1 Å². The highest BCUT2D eigenvalue weighted by molar-refractivity contribution is 7.89. The molecule has 1 unspecified atom stereocenters. The zero-order chi connectivity index (χ0) is 15.8. The molecular formula is C17H23NO2S. The van der Waals surface area contributed by atoms with Crippen molar-refractivity contribution >= 4 is 10.0 Å². The predicted octanol–water partition coefficient (Wildman–Crippen LogP) is 3.73. The third-order valence-corrected chi connectivity index (χ3v) is 6.48. The molecule has 1 aromatic rings. The van der Waals surface area contributed by atoms with E-state index < -0.39 is 10.0 Å². The number of rotatable bonds is 4. The van der Waals surface area contributed by atoms with E-state index in [-0.39, 0.29) is 11.3 Å². The van der Waals surface area contributed by atoms with Crippen molar-refractivity contribution in [1.82, 2.24) is 4.31 Å². The van der Waals surface area contributed by atoms with Gasteiger partial charge in [0.25, 0.3) is 10.0 Å². The van der Waals surface area contributed by atoms with Gasteiger partial charge in [-0.2, -0.15) is 0 Å². The maximum absolute atomic E-state index is 12.8. The van der Waals surface area contributed by atoms with Gasteiger partial charge in [0, 0.05) is 17.7 Å². The fourth-order valence-electron chi connectivity index (χ4n) is 2.83. The van der Waals surface area contributed by atoms with Crippen molar-refractivity contribution in [3.63, 3.8) is 0 Å². The third-order valence-electron chi connectivity index (χ3n) is 4.67. The minimum absolute atomic E-state index is 0.211. The van der Waals surface area contributed by atoms with Crippen molar-refractivity contribution in [3.8, 4) is 0 Å². The van der Waals surface area contributed by atoms with Crippen LogP contribution in [0.2, 0.25) is 0 Å². The molecule has 0 amide bonds. The molecule has 0 aromatic heterocycles. The maximum atomic E-state index is 12.8. The standard InChI is InChI=1S/C17H23NO2S/c1-6-11-17(5)14(3)12-18(15(17)4)21(19,20)16-9-7-13(2)8-10-16/h6-10,14H,1,4,11-12H2,2-3,5H3/t14?,17-/m1/s1. The zero-order valence-corrected chi connectivity index (χ0v) is 13.8. The summed E-state index contributed by atoms with van der Waals surface area (Å²) in [5, 5.41) is 0. The topological polar surface area (TPSA) is 37.4 Å². The zero-order valence-electron chi connectivity index (χ0n) is 13.0. The second-order valence-corrected chi connectivity index (χ2v) is 7.97. The molecule has 21 heavy (non-hydrogen) atoms. The predicted molar refractivity (Wildman–Crippen MR) is 86.3 cm³/mol. The van der Waals surface area contributed by atoms with Gasteiger partial charge in [-0.25, -0.2) is 8.42 Å². The highest BCUT2D eigenvalue weighted by atomic mass is 32.2. The summed E-state index contributed by atoms with van der Waals surface area (Å²) in [6.45, 7) is 14.4. The van der Waals surface area contributed by atoms with Gasteiger partial charge in [0.2, 0.25) is 0 Å². The summed E-state index contributed by atoms with van der Waals surface area (Å²) in [5.74, 6) is 0.211. The van der Waals surface area contributed by atoms with Crippen molar-refractivity contribution in [2.75, 3.05) is 6.54 Å². The lowest BCUT2D eigenvalue weighted by Crippen LogP contribution is -2.28. The maximum Gasteiger partial charge on any atom is 0.264 e. The van der Waals surface area contributed by atoms with E-state index in [4.69, 9.17) is 0 Å². The van der Waals surface area contributed by atoms with Gasteiger partial charge in [-0.3, -0.25) is 4.31 Å². The Morgan fingerprint density at radius 3 is 2.48 bits per heavy atom. The Balaban J connectivity index is 2.41. The lowest BCUT2D eigenvalue weighted by atomic mass is 9.76. The van der Waals surface area contributed by atoms with Crippen LogP contribution in [0, 0.1) is 18.3 Å². The Bertz CT molecular complexity index is 661. The third kappa shape index (κ3) is 2.53. The van der Waals surface area contributed by atoms with Gasteiger partial charge in [0.15, 0.2) is 0 Å². The van der Waals surface area contributed by atoms with Gasteiger partial charge in [-0.15, -0.1) is 6.58 Å². The van der Waals surface area contributed by atoms with Gasteiger partial charge in [0.05, 0.1) is 4.90 Å².